The zero-order valence-corrected chi connectivity index (χ0v) is 10.6. The average molecular weight is 367 g/mol. The smallest absolute Gasteiger partial charge is 0.422 e. The summed E-state index contributed by atoms with van der Waals surface area (Å²) in [5.41, 5.74) is 0.272. The number of nitrogens with zero attached hydrogens (tertiary/aromatic N) is 1. The van der Waals surface area contributed by atoms with Gasteiger partial charge in [-0.2, -0.15) is 13.2 Å². The molecule has 1 aromatic heterocycles. The molecule has 1 heterocycles. The first-order valence-electron chi connectivity index (χ1n) is 3.99. The zero-order chi connectivity index (χ0) is 12.3. The third-order valence-corrected chi connectivity index (χ3v) is 2.54. The van der Waals surface area contributed by atoms with Gasteiger partial charge in [-0.15, -0.1) is 0 Å². The first kappa shape index (κ1) is 13.8. The van der Waals surface area contributed by atoms with E-state index in [4.69, 9.17) is 16.7 Å². The van der Waals surface area contributed by atoms with Crippen LogP contribution in [0.15, 0.2) is 6.07 Å². The highest BCUT2D eigenvalue weighted by Crippen LogP contribution is 2.30. The Hall–Kier alpha value is -0.280. The summed E-state index contributed by atoms with van der Waals surface area (Å²) < 4.78 is 40.6. The van der Waals surface area contributed by atoms with Crippen LogP contribution in [0, 0.1) is 3.57 Å². The van der Waals surface area contributed by atoms with Gasteiger partial charge in [-0.1, -0.05) is 11.6 Å². The quantitative estimate of drug-likeness (QED) is 0.660. The summed E-state index contributed by atoms with van der Waals surface area (Å²) in [6.45, 7) is -1.77. The maximum Gasteiger partial charge on any atom is 0.422 e. The molecule has 0 atom stereocenters. The fourth-order valence-electron chi connectivity index (χ4n) is 0.883. The lowest BCUT2D eigenvalue weighted by Crippen LogP contribution is -2.20. The van der Waals surface area contributed by atoms with Crippen LogP contribution in [0.25, 0.3) is 0 Å². The van der Waals surface area contributed by atoms with Gasteiger partial charge >= 0.3 is 6.18 Å². The second kappa shape index (κ2) is 5.37. The summed E-state index contributed by atoms with van der Waals surface area (Å²) in [4.78, 5) is 3.67. The number of aliphatic hydroxyl groups excluding tert-OH is 1. The standard InChI is InChI=1S/C8H6ClF3INO2/c9-7-6(16-3-8(10,11)12)5(13)1-4(2-15)14-7/h1,15H,2-3H2. The maximum absolute atomic E-state index is 11.9. The van der Waals surface area contributed by atoms with E-state index in [1.165, 1.54) is 6.07 Å². The van der Waals surface area contributed by atoms with Crippen LogP contribution in [-0.2, 0) is 6.61 Å². The van der Waals surface area contributed by atoms with Crippen molar-refractivity contribution in [2.24, 2.45) is 0 Å². The van der Waals surface area contributed by atoms with Crippen molar-refractivity contribution in [3.63, 3.8) is 0 Å². The Balaban J connectivity index is 2.88. The number of alkyl halides is 3. The molecule has 90 valence electrons. The largest absolute Gasteiger partial charge is 0.480 e. The normalized spacial score (nSPS) is 11.6. The molecule has 16 heavy (non-hydrogen) atoms. The minimum Gasteiger partial charge on any atom is -0.480 e. The molecule has 0 fully saturated rings. The van der Waals surface area contributed by atoms with Crippen molar-refractivity contribution in [2.75, 3.05) is 6.61 Å². The van der Waals surface area contributed by atoms with Crippen LogP contribution in [0.3, 0.4) is 0 Å². The van der Waals surface area contributed by atoms with Crippen LogP contribution < -0.4 is 4.74 Å². The predicted molar refractivity (Wildman–Crippen MR) is 59.4 cm³/mol. The fraction of sp³-hybridized carbons (Fsp3) is 0.375. The highest BCUT2D eigenvalue weighted by atomic mass is 127. The van der Waals surface area contributed by atoms with E-state index in [0.29, 0.717) is 3.57 Å². The second-order valence-corrected chi connectivity index (χ2v) is 4.30. The van der Waals surface area contributed by atoms with Crippen molar-refractivity contribution in [2.45, 2.75) is 12.8 Å². The number of pyridine rings is 1. The van der Waals surface area contributed by atoms with Crippen LogP contribution >= 0.6 is 34.2 Å². The maximum atomic E-state index is 11.9. The molecule has 0 bridgehead atoms. The molecule has 0 aliphatic rings. The third kappa shape index (κ3) is 3.95. The van der Waals surface area contributed by atoms with Gasteiger partial charge in [0.15, 0.2) is 17.5 Å². The van der Waals surface area contributed by atoms with Crippen molar-refractivity contribution in [3.05, 3.63) is 20.5 Å². The molecule has 8 heteroatoms. The lowest BCUT2D eigenvalue weighted by molar-refractivity contribution is -0.153. The van der Waals surface area contributed by atoms with Gasteiger partial charge in [0.25, 0.3) is 0 Å². The predicted octanol–water partition coefficient (Wildman–Crippen LogP) is 2.77. The molecule has 0 aromatic carbocycles. The van der Waals surface area contributed by atoms with E-state index >= 15 is 0 Å². The lowest BCUT2D eigenvalue weighted by atomic mass is 10.3. The van der Waals surface area contributed by atoms with Crippen molar-refractivity contribution in [1.29, 1.82) is 0 Å². The summed E-state index contributed by atoms with van der Waals surface area (Å²) >= 11 is 7.38. The molecule has 0 saturated carbocycles. The SMILES string of the molecule is OCc1cc(I)c(OCC(F)(F)F)c(Cl)n1. The molecule has 1 N–H and O–H groups in total. The van der Waals surface area contributed by atoms with E-state index < -0.39 is 12.8 Å². The number of hydrogen-bond donors (Lipinski definition) is 1. The van der Waals surface area contributed by atoms with Crippen LogP contribution in [0.4, 0.5) is 13.2 Å². The van der Waals surface area contributed by atoms with Crippen molar-refractivity contribution in [3.8, 4) is 5.75 Å². The molecule has 0 radical (unpaired) electrons. The van der Waals surface area contributed by atoms with E-state index in [9.17, 15) is 13.2 Å². The van der Waals surface area contributed by atoms with E-state index in [-0.39, 0.29) is 23.2 Å². The Kier molecular flexibility index (Phi) is 4.62. The van der Waals surface area contributed by atoms with E-state index in [1.54, 1.807) is 22.6 Å². The van der Waals surface area contributed by atoms with Gasteiger partial charge in [0, 0.05) is 0 Å². The van der Waals surface area contributed by atoms with Crippen LogP contribution in [0.5, 0.6) is 5.75 Å². The molecular formula is C8H6ClF3INO2. The lowest BCUT2D eigenvalue weighted by Gasteiger charge is -2.12. The molecule has 3 nitrogen and oxygen atoms in total. The summed E-state index contributed by atoms with van der Waals surface area (Å²) in [5.74, 6) is -0.128. The Morgan fingerprint density at radius 3 is 2.56 bits per heavy atom. The second-order valence-electron chi connectivity index (χ2n) is 2.78. The molecule has 0 saturated heterocycles. The summed E-state index contributed by atoms with van der Waals surface area (Å²) in [7, 11) is 0. The van der Waals surface area contributed by atoms with E-state index in [0.717, 1.165) is 0 Å². The zero-order valence-electron chi connectivity index (χ0n) is 7.68. The van der Waals surface area contributed by atoms with Gasteiger partial charge in [0.05, 0.1) is 15.9 Å². The molecule has 1 aromatic rings. The molecule has 0 aliphatic carbocycles. The van der Waals surface area contributed by atoms with Gasteiger partial charge in [-0.25, -0.2) is 4.98 Å². The molecule has 1 rings (SSSR count). The topological polar surface area (TPSA) is 42.4 Å². The van der Waals surface area contributed by atoms with Crippen molar-refractivity contribution >= 4 is 34.2 Å². The molecule has 0 spiro atoms. The molecule has 0 aliphatic heterocycles. The highest BCUT2D eigenvalue weighted by molar-refractivity contribution is 14.1. The summed E-state index contributed by atoms with van der Waals surface area (Å²) in [6.07, 6.45) is -4.43. The minimum atomic E-state index is -4.43. The monoisotopic (exact) mass is 367 g/mol. The van der Waals surface area contributed by atoms with Gasteiger partial charge in [-0.3, -0.25) is 0 Å². The summed E-state index contributed by atoms with van der Waals surface area (Å²) in [6, 6.07) is 1.40. The first-order valence-corrected chi connectivity index (χ1v) is 5.44. The molecular weight excluding hydrogens is 361 g/mol. The van der Waals surface area contributed by atoms with Crippen LogP contribution in [-0.4, -0.2) is 22.9 Å². The third-order valence-electron chi connectivity index (χ3n) is 1.48. The Morgan fingerprint density at radius 2 is 2.12 bits per heavy atom. The van der Waals surface area contributed by atoms with Gasteiger partial charge in [0.2, 0.25) is 0 Å². The number of rotatable bonds is 3. The van der Waals surface area contributed by atoms with Crippen LogP contribution in [0.2, 0.25) is 5.15 Å². The molecule has 0 unspecified atom stereocenters. The Bertz CT molecular complexity index is 363. The van der Waals surface area contributed by atoms with Crippen LogP contribution in [0.1, 0.15) is 5.69 Å². The van der Waals surface area contributed by atoms with Gasteiger partial charge < -0.3 is 9.84 Å². The minimum absolute atomic E-state index is 0.128. The van der Waals surface area contributed by atoms with E-state index in [1.807, 2.05) is 0 Å². The number of halogens is 5. The first-order chi connectivity index (χ1) is 7.33. The number of aliphatic hydroxyl groups is 1. The average Bonchev–Trinajstić information content (AvgIpc) is 2.14. The van der Waals surface area contributed by atoms with Gasteiger partial charge in [-0.05, 0) is 28.7 Å². The van der Waals surface area contributed by atoms with Crippen molar-refractivity contribution < 1.29 is 23.0 Å². The van der Waals surface area contributed by atoms with Crippen molar-refractivity contribution in [1.82, 2.24) is 4.98 Å². The Labute approximate surface area is 108 Å². The fourth-order valence-corrected chi connectivity index (χ4v) is 2.08. The number of hydrogen-bond acceptors (Lipinski definition) is 3. The number of aromatic nitrogens is 1. The van der Waals surface area contributed by atoms with Gasteiger partial charge in [0.1, 0.15) is 0 Å². The van der Waals surface area contributed by atoms with E-state index in [2.05, 4.69) is 9.72 Å². The summed E-state index contributed by atoms with van der Waals surface area (Å²) in [5, 5.41) is 8.60. The highest BCUT2D eigenvalue weighted by Gasteiger charge is 2.29. The Morgan fingerprint density at radius 1 is 1.50 bits per heavy atom. The molecule has 0 amide bonds. The number of ether oxygens (including phenoxy) is 1.